The molecule has 0 spiro atoms. The van der Waals surface area contributed by atoms with Gasteiger partial charge in [0.2, 0.25) is 0 Å². The maximum Gasteiger partial charge on any atom is 0.314 e. The number of alkyl halides is 1. The summed E-state index contributed by atoms with van der Waals surface area (Å²) in [6.07, 6.45) is 2.01. The summed E-state index contributed by atoms with van der Waals surface area (Å²) in [5, 5.41) is 9.43. The average Bonchev–Trinajstić information content (AvgIpc) is 2.35. The van der Waals surface area contributed by atoms with Crippen molar-refractivity contribution >= 4 is 5.97 Å². The Bertz CT molecular complexity index is 469. The fourth-order valence-corrected chi connectivity index (χ4v) is 2.58. The molecule has 0 saturated heterocycles. The molecule has 0 radical (unpaired) electrons. The number of benzene rings is 1. The van der Waals surface area contributed by atoms with Crippen LogP contribution in [0.15, 0.2) is 12.1 Å². The van der Waals surface area contributed by atoms with Gasteiger partial charge in [-0.1, -0.05) is 6.42 Å². The number of halogens is 1. The lowest BCUT2D eigenvalue weighted by molar-refractivity contribution is -0.147. The number of rotatable bonds is 5. The second-order valence-corrected chi connectivity index (χ2v) is 4.75. The van der Waals surface area contributed by atoms with Gasteiger partial charge in [0.25, 0.3) is 0 Å². The standard InChI is InChI=1S/C14H17FO4/c1-18-11-7-10(6-9(8-15)12(11)19-2)14(13(16)17)4-3-5-14/h6-7H,3-5,8H2,1-2H3,(H,16,17). The molecular formula is C14H17FO4. The minimum absolute atomic E-state index is 0.323. The number of ether oxygens (including phenoxy) is 2. The number of carboxylic acids is 1. The van der Waals surface area contributed by atoms with Gasteiger partial charge in [0.05, 0.1) is 19.6 Å². The second-order valence-electron chi connectivity index (χ2n) is 4.75. The van der Waals surface area contributed by atoms with Crippen molar-refractivity contribution in [3.63, 3.8) is 0 Å². The molecule has 2 rings (SSSR count). The minimum atomic E-state index is -0.899. The molecule has 0 unspecified atom stereocenters. The fraction of sp³-hybridized carbons (Fsp3) is 0.500. The van der Waals surface area contributed by atoms with Crippen LogP contribution >= 0.6 is 0 Å². The van der Waals surface area contributed by atoms with Crippen LogP contribution in [-0.4, -0.2) is 25.3 Å². The maximum absolute atomic E-state index is 13.1. The first-order chi connectivity index (χ1) is 9.08. The number of methoxy groups -OCH3 is 2. The van der Waals surface area contributed by atoms with Crippen LogP contribution in [0.4, 0.5) is 4.39 Å². The summed E-state index contributed by atoms with van der Waals surface area (Å²) in [6.45, 7) is -0.719. The molecule has 1 aromatic rings. The van der Waals surface area contributed by atoms with Gasteiger partial charge in [-0.3, -0.25) is 4.79 Å². The molecule has 1 fully saturated rings. The van der Waals surface area contributed by atoms with Gasteiger partial charge in [0.1, 0.15) is 6.67 Å². The summed E-state index contributed by atoms with van der Waals surface area (Å²) in [5.74, 6) is -0.162. The molecule has 0 heterocycles. The van der Waals surface area contributed by atoms with E-state index < -0.39 is 18.1 Å². The Kier molecular flexibility index (Phi) is 3.64. The Morgan fingerprint density at radius 1 is 1.37 bits per heavy atom. The Morgan fingerprint density at radius 3 is 2.42 bits per heavy atom. The fourth-order valence-electron chi connectivity index (χ4n) is 2.58. The molecular weight excluding hydrogens is 251 g/mol. The predicted octanol–water partition coefficient (Wildman–Crippen LogP) is 2.68. The van der Waals surface area contributed by atoms with E-state index in [9.17, 15) is 14.3 Å². The van der Waals surface area contributed by atoms with E-state index in [0.29, 0.717) is 35.5 Å². The number of carbonyl (C=O) groups is 1. The topological polar surface area (TPSA) is 55.8 Å². The number of aliphatic carboxylic acids is 1. The highest BCUT2D eigenvalue weighted by molar-refractivity contribution is 5.83. The van der Waals surface area contributed by atoms with Gasteiger partial charge in [-0.25, -0.2) is 4.39 Å². The number of hydrogen-bond donors (Lipinski definition) is 1. The van der Waals surface area contributed by atoms with Gasteiger partial charge in [0.15, 0.2) is 11.5 Å². The molecule has 0 amide bonds. The van der Waals surface area contributed by atoms with Crippen molar-refractivity contribution < 1.29 is 23.8 Å². The highest BCUT2D eigenvalue weighted by atomic mass is 19.1. The molecule has 1 aliphatic rings. The van der Waals surface area contributed by atoms with Crippen LogP contribution in [0.2, 0.25) is 0 Å². The zero-order chi connectivity index (χ0) is 14.0. The molecule has 0 aromatic heterocycles. The van der Waals surface area contributed by atoms with Gasteiger partial charge in [-0.2, -0.15) is 0 Å². The summed E-state index contributed by atoms with van der Waals surface area (Å²) < 4.78 is 23.4. The van der Waals surface area contributed by atoms with Crippen molar-refractivity contribution in [2.45, 2.75) is 31.4 Å². The maximum atomic E-state index is 13.1. The first-order valence-corrected chi connectivity index (χ1v) is 6.14. The van der Waals surface area contributed by atoms with Gasteiger partial charge in [-0.05, 0) is 30.5 Å². The van der Waals surface area contributed by atoms with E-state index in [1.165, 1.54) is 14.2 Å². The number of carboxylic acid groups (broad SMARTS) is 1. The van der Waals surface area contributed by atoms with Crippen molar-refractivity contribution in [3.05, 3.63) is 23.3 Å². The molecule has 1 aromatic carbocycles. The van der Waals surface area contributed by atoms with E-state index in [4.69, 9.17) is 9.47 Å². The molecule has 1 aliphatic carbocycles. The van der Waals surface area contributed by atoms with Crippen LogP contribution in [0.25, 0.3) is 0 Å². The normalized spacial score (nSPS) is 16.6. The summed E-state index contributed by atoms with van der Waals surface area (Å²) in [7, 11) is 2.89. The SMILES string of the molecule is COc1cc(C2(C(=O)O)CCC2)cc(CF)c1OC. The van der Waals surface area contributed by atoms with Gasteiger partial charge >= 0.3 is 5.97 Å². The van der Waals surface area contributed by atoms with Crippen LogP contribution in [0, 0.1) is 0 Å². The van der Waals surface area contributed by atoms with Crippen molar-refractivity contribution in [1.29, 1.82) is 0 Å². The highest BCUT2D eigenvalue weighted by Crippen LogP contribution is 2.47. The molecule has 0 atom stereocenters. The highest BCUT2D eigenvalue weighted by Gasteiger charge is 2.46. The Labute approximate surface area is 111 Å². The van der Waals surface area contributed by atoms with Crippen LogP contribution in [0.5, 0.6) is 11.5 Å². The van der Waals surface area contributed by atoms with E-state index in [2.05, 4.69) is 0 Å². The third-order valence-corrected chi connectivity index (χ3v) is 3.87. The third-order valence-electron chi connectivity index (χ3n) is 3.87. The van der Waals surface area contributed by atoms with Crippen molar-refractivity contribution in [2.75, 3.05) is 14.2 Å². The van der Waals surface area contributed by atoms with Crippen molar-refractivity contribution in [3.8, 4) is 11.5 Å². The minimum Gasteiger partial charge on any atom is -0.493 e. The largest absolute Gasteiger partial charge is 0.493 e. The summed E-state index contributed by atoms with van der Waals surface area (Å²) in [6, 6.07) is 3.22. The quantitative estimate of drug-likeness (QED) is 0.892. The average molecular weight is 268 g/mol. The number of hydrogen-bond acceptors (Lipinski definition) is 3. The van der Waals surface area contributed by atoms with Crippen LogP contribution < -0.4 is 9.47 Å². The van der Waals surface area contributed by atoms with Gasteiger partial charge in [0, 0.05) is 5.56 Å². The molecule has 104 valence electrons. The smallest absolute Gasteiger partial charge is 0.314 e. The van der Waals surface area contributed by atoms with Crippen LogP contribution in [0.3, 0.4) is 0 Å². The Balaban J connectivity index is 2.56. The van der Waals surface area contributed by atoms with Crippen LogP contribution in [0.1, 0.15) is 30.4 Å². The molecule has 5 heteroatoms. The van der Waals surface area contributed by atoms with Crippen molar-refractivity contribution in [1.82, 2.24) is 0 Å². The zero-order valence-corrected chi connectivity index (χ0v) is 11.0. The van der Waals surface area contributed by atoms with E-state index in [-0.39, 0.29) is 0 Å². The Morgan fingerprint density at radius 2 is 2.05 bits per heavy atom. The predicted molar refractivity (Wildman–Crippen MR) is 67.5 cm³/mol. The molecule has 1 saturated carbocycles. The van der Waals surface area contributed by atoms with E-state index >= 15 is 0 Å². The van der Waals surface area contributed by atoms with E-state index in [1.807, 2.05) is 0 Å². The first kappa shape index (κ1) is 13.6. The Hall–Kier alpha value is -1.78. The summed E-state index contributed by atoms with van der Waals surface area (Å²) in [4.78, 5) is 11.5. The van der Waals surface area contributed by atoms with E-state index in [0.717, 1.165) is 6.42 Å². The molecule has 0 bridgehead atoms. The lowest BCUT2D eigenvalue weighted by atomic mass is 9.64. The van der Waals surface area contributed by atoms with Crippen LogP contribution in [-0.2, 0) is 16.9 Å². The van der Waals surface area contributed by atoms with Gasteiger partial charge in [-0.15, -0.1) is 0 Å². The first-order valence-electron chi connectivity index (χ1n) is 6.14. The third kappa shape index (κ3) is 2.03. The molecule has 0 aliphatic heterocycles. The molecule has 4 nitrogen and oxygen atoms in total. The molecule has 19 heavy (non-hydrogen) atoms. The van der Waals surface area contributed by atoms with Gasteiger partial charge < -0.3 is 14.6 Å². The van der Waals surface area contributed by atoms with E-state index in [1.54, 1.807) is 12.1 Å². The zero-order valence-electron chi connectivity index (χ0n) is 11.0. The summed E-state index contributed by atoms with van der Waals surface area (Å²) in [5.41, 5.74) is 0.0182. The summed E-state index contributed by atoms with van der Waals surface area (Å²) >= 11 is 0. The van der Waals surface area contributed by atoms with Crippen molar-refractivity contribution in [2.24, 2.45) is 0 Å². The lowest BCUT2D eigenvalue weighted by Crippen LogP contribution is -2.42. The monoisotopic (exact) mass is 268 g/mol. The molecule has 1 N–H and O–H groups in total. The lowest BCUT2D eigenvalue weighted by Gasteiger charge is -2.38. The second kappa shape index (κ2) is 5.07.